The molecule has 0 bridgehead atoms. The molecule has 0 saturated heterocycles. The zero-order valence-electron chi connectivity index (χ0n) is 15.5. The number of hydrogen-bond acceptors (Lipinski definition) is 5. The maximum absolute atomic E-state index is 10.8. The van der Waals surface area contributed by atoms with E-state index in [1.807, 2.05) is 36.4 Å². The Morgan fingerprint density at radius 2 is 1.76 bits per heavy atom. The van der Waals surface area contributed by atoms with Crippen LogP contribution in [0.1, 0.15) is 11.1 Å². The van der Waals surface area contributed by atoms with E-state index in [4.69, 9.17) is 21.1 Å². The van der Waals surface area contributed by atoms with E-state index < -0.39 is 4.92 Å². The van der Waals surface area contributed by atoms with Crippen LogP contribution < -0.4 is 14.8 Å². The minimum atomic E-state index is -0.430. The summed E-state index contributed by atoms with van der Waals surface area (Å²) in [6.07, 6.45) is 0. The first-order valence-electron chi connectivity index (χ1n) is 8.68. The fourth-order valence-electron chi connectivity index (χ4n) is 2.66. The number of nitro benzene ring substituents is 1. The van der Waals surface area contributed by atoms with Crippen LogP contribution in [0.15, 0.2) is 65.1 Å². The lowest BCUT2D eigenvalue weighted by Gasteiger charge is -2.15. The van der Waals surface area contributed by atoms with Gasteiger partial charge in [-0.15, -0.1) is 0 Å². The molecule has 0 aliphatic rings. The van der Waals surface area contributed by atoms with Crippen molar-refractivity contribution in [2.75, 3.05) is 12.4 Å². The Morgan fingerprint density at radius 1 is 1.07 bits per heavy atom. The van der Waals surface area contributed by atoms with Crippen LogP contribution in [-0.4, -0.2) is 12.0 Å². The fraction of sp³-hybridized carbons (Fsp3) is 0.143. The number of nitrogens with zero attached hydrogens (tertiary/aromatic N) is 1. The number of halogens is 2. The molecule has 3 rings (SSSR count). The highest BCUT2D eigenvalue weighted by molar-refractivity contribution is 9.10. The molecule has 29 heavy (non-hydrogen) atoms. The van der Waals surface area contributed by atoms with Crippen molar-refractivity contribution < 1.29 is 14.4 Å². The van der Waals surface area contributed by atoms with Gasteiger partial charge in [0.05, 0.1) is 16.5 Å². The average Bonchev–Trinajstić information content (AvgIpc) is 2.72. The summed E-state index contributed by atoms with van der Waals surface area (Å²) in [5, 5.41) is 14.8. The van der Waals surface area contributed by atoms with E-state index in [1.165, 1.54) is 12.1 Å². The van der Waals surface area contributed by atoms with Gasteiger partial charge in [0.25, 0.3) is 5.69 Å². The summed E-state index contributed by atoms with van der Waals surface area (Å²) in [7, 11) is 1.58. The number of non-ortho nitro benzene ring substituents is 1. The van der Waals surface area contributed by atoms with Crippen molar-refractivity contribution in [3.8, 4) is 11.5 Å². The first-order chi connectivity index (χ1) is 14.0. The summed E-state index contributed by atoms with van der Waals surface area (Å²) in [6.45, 7) is 0.856. The second-order valence-electron chi connectivity index (χ2n) is 6.18. The number of benzene rings is 3. The van der Waals surface area contributed by atoms with Gasteiger partial charge in [-0.1, -0.05) is 11.6 Å². The molecule has 8 heteroatoms. The Labute approximate surface area is 181 Å². The number of nitro groups is 1. The van der Waals surface area contributed by atoms with E-state index in [0.717, 1.165) is 21.3 Å². The molecule has 3 aromatic rings. The number of ether oxygens (including phenoxy) is 2. The summed E-state index contributed by atoms with van der Waals surface area (Å²) in [4.78, 5) is 10.3. The molecular weight excluding hydrogens is 460 g/mol. The Morgan fingerprint density at radius 3 is 2.38 bits per heavy atom. The molecule has 0 saturated carbocycles. The molecule has 1 N–H and O–H groups in total. The van der Waals surface area contributed by atoms with Crippen molar-refractivity contribution in [1.82, 2.24) is 0 Å². The highest BCUT2D eigenvalue weighted by Gasteiger charge is 2.13. The number of hydrogen-bond donors (Lipinski definition) is 1. The highest BCUT2D eigenvalue weighted by atomic mass is 79.9. The van der Waals surface area contributed by atoms with Gasteiger partial charge in [-0.3, -0.25) is 10.1 Å². The van der Waals surface area contributed by atoms with Gasteiger partial charge in [0.1, 0.15) is 6.61 Å². The van der Waals surface area contributed by atoms with Crippen LogP contribution in [-0.2, 0) is 13.2 Å². The van der Waals surface area contributed by atoms with Crippen molar-refractivity contribution in [1.29, 1.82) is 0 Å². The second-order valence-corrected chi connectivity index (χ2v) is 7.47. The highest BCUT2D eigenvalue weighted by Crippen LogP contribution is 2.37. The summed E-state index contributed by atoms with van der Waals surface area (Å²) in [5.41, 5.74) is 2.83. The minimum Gasteiger partial charge on any atom is -0.493 e. The van der Waals surface area contributed by atoms with Gasteiger partial charge < -0.3 is 14.8 Å². The number of nitrogens with one attached hydrogen (secondary N) is 1. The Kier molecular flexibility index (Phi) is 6.95. The van der Waals surface area contributed by atoms with Crippen LogP contribution in [0.3, 0.4) is 0 Å². The van der Waals surface area contributed by atoms with Crippen LogP contribution in [0.2, 0.25) is 5.02 Å². The maximum atomic E-state index is 10.8. The quantitative estimate of drug-likeness (QED) is 0.308. The molecule has 3 aromatic carbocycles. The topological polar surface area (TPSA) is 73.6 Å². The minimum absolute atomic E-state index is 0.0463. The first-order valence-corrected chi connectivity index (χ1v) is 9.85. The van der Waals surface area contributed by atoms with Gasteiger partial charge in [-0.25, -0.2) is 0 Å². The first kappa shape index (κ1) is 21.0. The average molecular weight is 478 g/mol. The van der Waals surface area contributed by atoms with E-state index in [0.29, 0.717) is 23.1 Å². The van der Waals surface area contributed by atoms with Gasteiger partial charge in [0.15, 0.2) is 11.5 Å². The van der Waals surface area contributed by atoms with Crippen LogP contribution in [0.25, 0.3) is 0 Å². The molecular formula is C21H18BrClN2O4. The molecule has 0 radical (unpaired) electrons. The van der Waals surface area contributed by atoms with Crippen LogP contribution >= 0.6 is 27.5 Å². The number of methoxy groups -OCH3 is 1. The summed E-state index contributed by atoms with van der Waals surface area (Å²) < 4.78 is 12.1. The zero-order valence-corrected chi connectivity index (χ0v) is 17.9. The standard InChI is InChI=1S/C21H18BrClN2O4/c1-28-20-11-15(12-24-17-6-4-16(23)5-7-17)10-19(22)21(20)29-13-14-2-8-18(9-3-14)25(26)27/h2-11,24H,12-13H2,1H3. The maximum Gasteiger partial charge on any atom is 0.269 e. The molecule has 6 nitrogen and oxygen atoms in total. The number of anilines is 1. The van der Waals surface area contributed by atoms with Gasteiger partial charge in [0, 0.05) is 29.4 Å². The van der Waals surface area contributed by atoms with Crippen molar-refractivity contribution in [3.63, 3.8) is 0 Å². The Balaban J connectivity index is 1.69. The molecule has 0 spiro atoms. The molecule has 0 unspecified atom stereocenters. The SMILES string of the molecule is COc1cc(CNc2ccc(Cl)cc2)cc(Br)c1OCc1ccc([N+](=O)[O-])cc1. The molecule has 150 valence electrons. The predicted octanol–water partition coefficient (Wildman–Crippen LogP) is 6.21. The largest absolute Gasteiger partial charge is 0.493 e. The molecule has 0 heterocycles. The smallest absolute Gasteiger partial charge is 0.269 e. The van der Waals surface area contributed by atoms with E-state index in [-0.39, 0.29) is 12.3 Å². The zero-order chi connectivity index (χ0) is 20.8. The van der Waals surface area contributed by atoms with Crippen molar-refractivity contribution in [2.45, 2.75) is 13.2 Å². The summed E-state index contributed by atoms with van der Waals surface area (Å²) >= 11 is 9.45. The molecule has 0 aliphatic heterocycles. The number of rotatable bonds is 8. The van der Waals surface area contributed by atoms with Gasteiger partial charge in [-0.05, 0) is 75.6 Å². The third kappa shape index (κ3) is 5.62. The molecule has 0 fully saturated rings. The van der Waals surface area contributed by atoms with Crippen LogP contribution in [0, 0.1) is 10.1 Å². The van der Waals surface area contributed by atoms with Crippen molar-refractivity contribution in [3.05, 3.63) is 91.4 Å². The van der Waals surface area contributed by atoms with E-state index >= 15 is 0 Å². The normalized spacial score (nSPS) is 10.4. The molecule has 0 atom stereocenters. The van der Waals surface area contributed by atoms with Gasteiger partial charge in [0.2, 0.25) is 0 Å². The lowest BCUT2D eigenvalue weighted by Crippen LogP contribution is -2.03. The van der Waals surface area contributed by atoms with E-state index in [9.17, 15) is 10.1 Å². The van der Waals surface area contributed by atoms with Gasteiger partial charge >= 0.3 is 0 Å². The Hall–Kier alpha value is -2.77. The third-order valence-corrected chi connectivity index (χ3v) is 5.00. The molecule has 0 aromatic heterocycles. The third-order valence-electron chi connectivity index (χ3n) is 4.16. The van der Waals surface area contributed by atoms with Crippen molar-refractivity contribution >= 4 is 38.9 Å². The molecule has 0 aliphatic carbocycles. The molecule has 0 amide bonds. The van der Waals surface area contributed by atoms with Gasteiger partial charge in [-0.2, -0.15) is 0 Å². The Bertz CT molecular complexity index is 995. The van der Waals surface area contributed by atoms with E-state index in [1.54, 1.807) is 19.2 Å². The summed E-state index contributed by atoms with van der Waals surface area (Å²) in [5.74, 6) is 1.16. The van der Waals surface area contributed by atoms with E-state index in [2.05, 4.69) is 21.2 Å². The van der Waals surface area contributed by atoms with Crippen molar-refractivity contribution in [2.24, 2.45) is 0 Å². The van der Waals surface area contributed by atoms with Crippen LogP contribution in [0.4, 0.5) is 11.4 Å². The lowest BCUT2D eigenvalue weighted by molar-refractivity contribution is -0.384. The second kappa shape index (κ2) is 9.62. The predicted molar refractivity (Wildman–Crippen MR) is 117 cm³/mol. The monoisotopic (exact) mass is 476 g/mol. The fourth-order valence-corrected chi connectivity index (χ4v) is 3.39. The lowest BCUT2D eigenvalue weighted by atomic mass is 10.2. The van der Waals surface area contributed by atoms with Crippen LogP contribution in [0.5, 0.6) is 11.5 Å². The summed E-state index contributed by atoms with van der Waals surface area (Å²) in [6, 6.07) is 17.6.